The van der Waals surface area contributed by atoms with Crippen molar-refractivity contribution in [1.82, 2.24) is 4.90 Å². The van der Waals surface area contributed by atoms with E-state index >= 15 is 0 Å². The van der Waals surface area contributed by atoms with E-state index in [9.17, 15) is 19.2 Å². The summed E-state index contributed by atoms with van der Waals surface area (Å²) in [6.45, 7) is 17.8. The molecule has 0 heterocycles. The SMILES string of the molecule is CCC(=O)C(C)(C)CC(C)(C)C(=O)N(C)C(COCCC(=O)C(C)C)COCCC(=O)C(C)C. The van der Waals surface area contributed by atoms with Gasteiger partial charge in [0.05, 0.1) is 32.5 Å². The molecule has 0 spiro atoms. The van der Waals surface area contributed by atoms with Crippen molar-refractivity contribution in [2.75, 3.05) is 33.5 Å². The summed E-state index contributed by atoms with van der Waals surface area (Å²) in [5, 5.41) is 0. The van der Waals surface area contributed by atoms with E-state index in [4.69, 9.17) is 9.47 Å². The molecule has 0 rings (SSSR count). The number of Topliss-reactive ketones (excluding diaryl/α,β-unsaturated/α-hetero) is 3. The molecule has 34 heavy (non-hydrogen) atoms. The van der Waals surface area contributed by atoms with Crippen LogP contribution in [0.5, 0.6) is 0 Å². The van der Waals surface area contributed by atoms with Crippen LogP contribution in [-0.4, -0.2) is 67.7 Å². The lowest BCUT2D eigenvalue weighted by Crippen LogP contribution is -2.50. The zero-order valence-corrected chi connectivity index (χ0v) is 23.3. The van der Waals surface area contributed by atoms with Crippen molar-refractivity contribution in [3.63, 3.8) is 0 Å². The highest BCUT2D eigenvalue weighted by atomic mass is 16.5. The third kappa shape index (κ3) is 11.2. The van der Waals surface area contributed by atoms with Crippen molar-refractivity contribution in [3.8, 4) is 0 Å². The number of carbonyl (C=O) groups is 4. The molecule has 0 atom stereocenters. The first-order valence-corrected chi connectivity index (χ1v) is 12.6. The van der Waals surface area contributed by atoms with E-state index in [0.29, 0.717) is 25.7 Å². The molecule has 198 valence electrons. The van der Waals surface area contributed by atoms with E-state index < -0.39 is 10.8 Å². The molecule has 0 aromatic heterocycles. The molecule has 0 fully saturated rings. The fourth-order valence-electron chi connectivity index (χ4n) is 4.03. The summed E-state index contributed by atoms with van der Waals surface area (Å²) in [5.41, 5.74) is -1.37. The zero-order chi connectivity index (χ0) is 26.7. The lowest BCUT2D eigenvalue weighted by molar-refractivity contribution is -0.147. The van der Waals surface area contributed by atoms with Gasteiger partial charge in [-0.1, -0.05) is 62.3 Å². The Morgan fingerprint density at radius 2 is 1.18 bits per heavy atom. The minimum absolute atomic E-state index is 0.0412. The molecule has 7 heteroatoms. The Morgan fingerprint density at radius 1 is 0.765 bits per heavy atom. The number of ether oxygens (including phenoxy) is 2. The summed E-state index contributed by atoms with van der Waals surface area (Å²) in [4.78, 5) is 51.2. The van der Waals surface area contributed by atoms with Gasteiger partial charge < -0.3 is 14.4 Å². The van der Waals surface area contributed by atoms with Crippen LogP contribution in [0.2, 0.25) is 0 Å². The number of amides is 1. The molecule has 0 saturated carbocycles. The van der Waals surface area contributed by atoms with Crippen molar-refractivity contribution in [2.24, 2.45) is 22.7 Å². The molecule has 7 nitrogen and oxygen atoms in total. The van der Waals surface area contributed by atoms with Gasteiger partial charge in [0.25, 0.3) is 0 Å². The van der Waals surface area contributed by atoms with Gasteiger partial charge in [-0.3, -0.25) is 19.2 Å². The Balaban J connectivity index is 5.25. The summed E-state index contributed by atoms with van der Waals surface area (Å²) in [5.74, 6) is 0.213. The van der Waals surface area contributed by atoms with Gasteiger partial charge in [-0.15, -0.1) is 0 Å². The molecule has 0 aliphatic carbocycles. The molecule has 0 N–H and O–H groups in total. The van der Waals surface area contributed by atoms with Crippen LogP contribution in [0.3, 0.4) is 0 Å². The zero-order valence-electron chi connectivity index (χ0n) is 23.3. The van der Waals surface area contributed by atoms with Gasteiger partial charge in [-0.25, -0.2) is 0 Å². The highest BCUT2D eigenvalue weighted by Gasteiger charge is 2.40. The maximum atomic E-state index is 13.5. The van der Waals surface area contributed by atoms with Crippen LogP contribution in [0, 0.1) is 22.7 Å². The number of carbonyl (C=O) groups excluding carboxylic acids is 4. The van der Waals surface area contributed by atoms with Crippen LogP contribution in [0.1, 0.15) is 88.0 Å². The Kier molecular flexibility index (Phi) is 14.0. The second kappa shape index (κ2) is 14.7. The summed E-state index contributed by atoms with van der Waals surface area (Å²) in [7, 11) is 1.72. The maximum Gasteiger partial charge on any atom is 0.228 e. The molecule has 0 aliphatic rings. The summed E-state index contributed by atoms with van der Waals surface area (Å²) in [6, 6.07) is -0.375. The van der Waals surface area contributed by atoms with Crippen LogP contribution in [0.25, 0.3) is 0 Å². The van der Waals surface area contributed by atoms with Crippen LogP contribution in [-0.2, 0) is 28.7 Å². The fraction of sp³-hybridized carbons (Fsp3) is 0.852. The number of hydrogen-bond acceptors (Lipinski definition) is 6. The van der Waals surface area contributed by atoms with Crippen molar-refractivity contribution in [3.05, 3.63) is 0 Å². The van der Waals surface area contributed by atoms with E-state index in [-0.39, 0.29) is 67.6 Å². The van der Waals surface area contributed by atoms with Gasteiger partial charge in [0, 0.05) is 49.0 Å². The van der Waals surface area contributed by atoms with Gasteiger partial charge in [0.15, 0.2) is 0 Å². The van der Waals surface area contributed by atoms with Crippen molar-refractivity contribution < 1.29 is 28.7 Å². The number of likely N-dealkylation sites (N-methyl/N-ethyl adjacent to an activating group) is 1. The topological polar surface area (TPSA) is 90.0 Å². The summed E-state index contributed by atoms with van der Waals surface area (Å²) < 4.78 is 11.5. The van der Waals surface area contributed by atoms with Crippen molar-refractivity contribution in [2.45, 2.75) is 94.0 Å². The van der Waals surface area contributed by atoms with Gasteiger partial charge in [0.2, 0.25) is 5.91 Å². The monoisotopic (exact) mass is 483 g/mol. The quantitative estimate of drug-likeness (QED) is 0.267. The van der Waals surface area contributed by atoms with Gasteiger partial charge in [-0.2, -0.15) is 0 Å². The summed E-state index contributed by atoms with van der Waals surface area (Å²) >= 11 is 0. The van der Waals surface area contributed by atoms with Crippen molar-refractivity contribution in [1.29, 1.82) is 0 Å². The lowest BCUT2D eigenvalue weighted by atomic mass is 9.71. The molecular formula is C27H49NO6. The molecule has 0 bridgehead atoms. The Labute approximate surface area is 207 Å². The van der Waals surface area contributed by atoms with Crippen LogP contribution < -0.4 is 0 Å². The maximum absolute atomic E-state index is 13.5. The second-order valence-electron chi connectivity index (χ2n) is 11.2. The molecule has 0 aromatic rings. The Morgan fingerprint density at radius 3 is 1.53 bits per heavy atom. The van der Waals surface area contributed by atoms with E-state index in [1.807, 2.05) is 62.3 Å². The van der Waals surface area contributed by atoms with E-state index in [2.05, 4.69) is 0 Å². The van der Waals surface area contributed by atoms with Gasteiger partial charge >= 0.3 is 0 Å². The number of nitrogens with zero attached hydrogens (tertiary/aromatic N) is 1. The average molecular weight is 484 g/mol. The van der Waals surface area contributed by atoms with E-state index in [1.54, 1.807) is 11.9 Å². The van der Waals surface area contributed by atoms with E-state index in [1.165, 1.54) is 0 Å². The van der Waals surface area contributed by atoms with Gasteiger partial charge in [0.1, 0.15) is 17.3 Å². The lowest BCUT2D eigenvalue weighted by Gasteiger charge is -2.38. The van der Waals surface area contributed by atoms with Crippen LogP contribution in [0.15, 0.2) is 0 Å². The smallest absolute Gasteiger partial charge is 0.228 e. The standard InChI is InChI=1S/C27H49NO6/c1-11-24(31)26(6,7)18-27(8,9)25(32)28(10)21(16-33-14-12-22(29)19(2)3)17-34-15-13-23(30)20(4)5/h19-21H,11-18H2,1-10H3. The fourth-order valence-corrected chi connectivity index (χ4v) is 4.03. The van der Waals surface area contributed by atoms with E-state index in [0.717, 1.165) is 0 Å². The normalized spacial score (nSPS) is 12.5. The first kappa shape index (κ1) is 32.4. The largest absolute Gasteiger partial charge is 0.379 e. The number of ketones is 3. The predicted molar refractivity (Wildman–Crippen MR) is 135 cm³/mol. The highest BCUT2D eigenvalue weighted by molar-refractivity contribution is 5.86. The van der Waals surface area contributed by atoms with Crippen LogP contribution in [0.4, 0.5) is 0 Å². The third-order valence-corrected chi connectivity index (χ3v) is 6.30. The molecular weight excluding hydrogens is 434 g/mol. The Hall–Kier alpha value is -1.60. The first-order chi connectivity index (χ1) is 15.6. The second-order valence-corrected chi connectivity index (χ2v) is 11.2. The minimum atomic E-state index is -0.761. The first-order valence-electron chi connectivity index (χ1n) is 12.6. The number of hydrogen-bond donors (Lipinski definition) is 0. The van der Waals surface area contributed by atoms with Crippen LogP contribution >= 0.6 is 0 Å². The molecule has 0 aromatic carbocycles. The average Bonchev–Trinajstić information content (AvgIpc) is 2.74. The molecule has 1 amide bonds. The predicted octanol–water partition coefficient (Wildman–Crippen LogP) is 4.50. The third-order valence-electron chi connectivity index (χ3n) is 6.30. The minimum Gasteiger partial charge on any atom is -0.379 e. The number of rotatable bonds is 18. The van der Waals surface area contributed by atoms with Crippen molar-refractivity contribution >= 4 is 23.3 Å². The molecule has 0 unspecified atom stereocenters. The highest BCUT2D eigenvalue weighted by Crippen LogP contribution is 2.36. The molecule has 0 saturated heterocycles. The molecule has 0 radical (unpaired) electrons. The van der Waals surface area contributed by atoms with Gasteiger partial charge in [-0.05, 0) is 6.42 Å². The summed E-state index contributed by atoms with van der Waals surface area (Å²) in [6.07, 6.45) is 1.51. The Bertz CT molecular complexity index is 653. The molecule has 0 aliphatic heterocycles.